The molecule has 2 aliphatic rings. The second-order valence-electron chi connectivity index (χ2n) is 10.3. The summed E-state index contributed by atoms with van der Waals surface area (Å²) in [5.41, 5.74) is 0.561. The Hall–Kier alpha value is -4.14. The van der Waals surface area contributed by atoms with Crippen LogP contribution in [0.4, 0.5) is 28.9 Å². The van der Waals surface area contributed by atoms with Gasteiger partial charge in [0.2, 0.25) is 5.82 Å². The predicted molar refractivity (Wildman–Crippen MR) is 138 cm³/mol. The zero-order chi connectivity index (χ0) is 28.4. The fraction of sp³-hybridized carbons (Fsp3) is 0.429. The fourth-order valence-corrected chi connectivity index (χ4v) is 5.39. The molecule has 8 nitrogen and oxygen atoms in total. The molecule has 1 aliphatic heterocycles. The number of nitriles is 1. The number of hydrogen-bond donors (Lipinski definition) is 2. The first-order chi connectivity index (χ1) is 19.1. The average Bonchev–Trinajstić information content (AvgIpc) is 3.62. The van der Waals surface area contributed by atoms with Crippen molar-refractivity contribution in [2.45, 2.75) is 44.5 Å². The summed E-state index contributed by atoms with van der Waals surface area (Å²) in [6.45, 7) is 1.23. The summed E-state index contributed by atoms with van der Waals surface area (Å²) in [5, 5.41) is 25.6. The molecule has 0 amide bonds. The van der Waals surface area contributed by atoms with Gasteiger partial charge in [-0.05, 0) is 74.4 Å². The van der Waals surface area contributed by atoms with Crippen molar-refractivity contribution in [3.05, 3.63) is 47.5 Å². The molecule has 210 valence electrons. The number of carboxylic acid groups (broad SMARTS) is 1. The summed E-state index contributed by atoms with van der Waals surface area (Å²) in [6, 6.07) is 10.8. The Morgan fingerprint density at radius 3 is 2.55 bits per heavy atom. The monoisotopic (exact) mass is 557 g/mol. The number of nitrogens with zero attached hydrogens (tertiary/aromatic N) is 4. The van der Waals surface area contributed by atoms with E-state index in [1.165, 1.54) is 12.1 Å². The van der Waals surface area contributed by atoms with Gasteiger partial charge in [-0.2, -0.15) is 23.4 Å². The Morgan fingerprint density at radius 1 is 1.12 bits per heavy atom. The van der Waals surface area contributed by atoms with Gasteiger partial charge in [0.25, 0.3) is 5.89 Å². The van der Waals surface area contributed by atoms with Crippen LogP contribution in [0.25, 0.3) is 22.8 Å². The van der Waals surface area contributed by atoms with Crippen molar-refractivity contribution in [1.82, 2.24) is 10.1 Å². The molecular weight excluding hydrogens is 530 g/mol. The quantitative estimate of drug-likeness (QED) is 0.333. The normalized spacial score (nSPS) is 19.9. The molecule has 0 spiro atoms. The first-order valence-electron chi connectivity index (χ1n) is 13.1. The number of nitrogens with one attached hydrogen (secondary N) is 1. The number of piperidine rings is 1. The number of aliphatic carboxylic acids is 1. The van der Waals surface area contributed by atoms with Crippen molar-refractivity contribution in [1.29, 1.82) is 5.26 Å². The van der Waals surface area contributed by atoms with Crippen LogP contribution in [0, 0.1) is 23.2 Å². The maximum atomic E-state index is 13.9. The Bertz CT molecular complexity index is 1430. The zero-order valence-corrected chi connectivity index (χ0v) is 21.4. The second kappa shape index (κ2) is 11.2. The van der Waals surface area contributed by atoms with Gasteiger partial charge in [0.05, 0.1) is 22.7 Å². The molecule has 1 aromatic heterocycles. The fourth-order valence-electron chi connectivity index (χ4n) is 5.39. The van der Waals surface area contributed by atoms with Gasteiger partial charge in [-0.15, -0.1) is 0 Å². The SMILES string of the molecule is N#Cc1cc(-c2nc(-c3ccc(NCC4CCC(C(=O)O)C4)c(C(F)(F)F)c3)no2)ccc1N1CCC(F)CC1. The first-order valence-corrected chi connectivity index (χ1v) is 13.1. The van der Waals surface area contributed by atoms with Gasteiger partial charge < -0.3 is 19.8 Å². The molecule has 2 atom stereocenters. The largest absolute Gasteiger partial charge is 0.481 e. The van der Waals surface area contributed by atoms with Crippen LogP contribution in [-0.2, 0) is 11.0 Å². The number of aromatic nitrogens is 2. The van der Waals surface area contributed by atoms with Crippen LogP contribution in [-0.4, -0.2) is 47.0 Å². The van der Waals surface area contributed by atoms with Crippen LogP contribution < -0.4 is 10.2 Å². The molecule has 1 saturated carbocycles. The number of hydrogen-bond acceptors (Lipinski definition) is 7. The van der Waals surface area contributed by atoms with E-state index in [1.54, 1.807) is 18.2 Å². The van der Waals surface area contributed by atoms with Gasteiger partial charge in [0, 0.05) is 36.4 Å². The topological polar surface area (TPSA) is 115 Å². The van der Waals surface area contributed by atoms with Crippen LogP contribution in [0.1, 0.15) is 43.2 Å². The number of alkyl halides is 4. The van der Waals surface area contributed by atoms with Crippen molar-refractivity contribution < 1.29 is 32.0 Å². The summed E-state index contributed by atoms with van der Waals surface area (Å²) in [6.07, 6.45) is -3.14. The molecule has 0 bridgehead atoms. The Morgan fingerprint density at radius 2 is 1.88 bits per heavy atom. The van der Waals surface area contributed by atoms with E-state index in [4.69, 9.17) is 9.63 Å². The summed E-state index contributed by atoms with van der Waals surface area (Å²) < 4.78 is 60.7. The molecule has 2 unspecified atom stereocenters. The highest BCUT2D eigenvalue weighted by molar-refractivity contribution is 5.71. The highest BCUT2D eigenvalue weighted by Crippen LogP contribution is 2.39. The van der Waals surface area contributed by atoms with Crippen molar-refractivity contribution in [2.24, 2.45) is 11.8 Å². The minimum atomic E-state index is -4.65. The third-order valence-corrected chi connectivity index (χ3v) is 7.61. The first kappa shape index (κ1) is 27.4. The number of halogens is 4. The molecule has 5 rings (SSSR count). The van der Waals surface area contributed by atoms with Gasteiger partial charge in [-0.3, -0.25) is 4.79 Å². The van der Waals surface area contributed by atoms with E-state index in [-0.39, 0.29) is 35.4 Å². The van der Waals surface area contributed by atoms with Gasteiger partial charge in [0.1, 0.15) is 12.2 Å². The van der Waals surface area contributed by atoms with Crippen molar-refractivity contribution in [3.8, 4) is 28.9 Å². The smallest absolute Gasteiger partial charge is 0.418 e. The van der Waals surface area contributed by atoms with Crippen LogP contribution in [0.3, 0.4) is 0 Å². The second-order valence-corrected chi connectivity index (χ2v) is 10.3. The molecule has 0 radical (unpaired) electrons. The molecule has 12 heteroatoms. The van der Waals surface area contributed by atoms with E-state index in [2.05, 4.69) is 21.5 Å². The molecule has 2 fully saturated rings. The summed E-state index contributed by atoms with van der Waals surface area (Å²) in [7, 11) is 0. The Kier molecular flexibility index (Phi) is 7.65. The molecule has 2 N–H and O–H groups in total. The Labute approximate surface area is 227 Å². The minimum absolute atomic E-state index is 0.0261. The van der Waals surface area contributed by atoms with Crippen molar-refractivity contribution in [2.75, 3.05) is 29.9 Å². The summed E-state index contributed by atoms with van der Waals surface area (Å²) >= 11 is 0. The van der Waals surface area contributed by atoms with Gasteiger partial charge in [-0.25, -0.2) is 4.39 Å². The van der Waals surface area contributed by atoms with E-state index in [9.17, 15) is 27.6 Å². The number of benzene rings is 2. The van der Waals surface area contributed by atoms with Crippen LogP contribution >= 0.6 is 0 Å². The maximum Gasteiger partial charge on any atom is 0.418 e. The van der Waals surface area contributed by atoms with Gasteiger partial charge in [0.15, 0.2) is 0 Å². The van der Waals surface area contributed by atoms with E-state index < -0.39 is 29.8 Å². The molecule has 1 aliphatic carbocycles. The molecule has 1 saturated heterocycles. The number of carbonyl (C=O) groups is 1. The summed E-state index contributed by atoms with van der Waals surface area (Å²) in [5.74, 6) is -1.36. The lowest BCUT2D eigenvalue weighted by Crippen LogP contribution is -2.34. The standard InChI is InChI=1S/C28H27F4N5O3/c29-21-7-9-37(10-8-21)24-6-4-18(12-20(24)14-33)26-35-25(36-40-26)17-3-5-23(22(13-17)28(30,31)32)34-15-16-1-2-19(11-16)27(38)39/h3-6,12-13,16,19,21,34H,1-2,7-11,15H2,(H,38,39). The lowest BCUT2D eigenvalue weighted by Gasteiger charge is -2.31. The minimum Gasteiger partial charge on any atom is -0.481 e. The van der Waals surface area contributed by atoms with Crippen LogP contribution in [0.5, 0.6) is 0 Å². The highest BCUT2D eigenvalue weighted by atomic mass is 19.4. The zero-order valence-electron chi connectivity index (χ0n) is 21.4. The summed E-state index contributed by atoms with van der Waals surface area (Å²) in [4.78, 5) is 17.4. The lowest BCUT2D eigenvalue weighted by molar-refractivity contribution is -0.141. The molecule has 2 heterocycles. The molecule has 40 heavy (non-hydrogen) atoms. The molecule has 3 aromatic rings. The third-order valence-electron chi connectivity index (χ3n) is 7.61. The highest BCUT2D eigenvalue weighted by Gasteiger charge is 2.35. The van der Waals surface area contributed by atoms with E-state index in [0.29, 0.717) is 62.0 Å². The third kappa shape index (κ3) is 5.88. The Balaban J connectivity index is 1.34. The average molecular weight is 558 g/mol. The molecule has 2 aromatic carbocycles. The van der Waals surface area contributed by atoms with E-state index >= 15 is 0 Å². The number of carboxylic acids is 1. The lowest BCUT2D eigenvalue weighted by atomic mass is 10.0. The van der Waals surface area contributed by atoms with E-state index in [1.807, 2.05) is 4.90 Å². The van der Waals surface area contributed by atoms with Gasteiger partial charge in [-0.1, -0.05) is 5.16 Å². The van der Waals surface area contributed by atoms with Crippen molar-refractivity contribution in [3.63, 3.8) is 0 Å². The predicted octanol–water partition coefficient (Wildman–Crippen LogP) is 6.15. The number of rotatable bonds is 7. The van der Waals surface area contributed by atoms with Crippen molar-refractivity contribution >= 4 is 17.3 Å². The van der Waals surface area contributed by atoms with Gasteiger partial charge >= 0.3 is 12.1 Å². The van der Waals surface area contributed by atoms with E-state index in [0.717, 1.165) is 6.07 Å². The van der Waals surface area contributed by atoms with Crippen LogP contribution in [0.15, 0.2) is 40.9 Å². The molecular formula is C28H27F4N5O3. The number of anilines is 2. The van der Waals surface area contributed by atoms with Crippen LogP contribution in [0.2, 0.25) is 0 Å². The maximum absolute atomic E-state index is 13.9.